The highest BCUT2D eigenvalue weighted by Crippen LogP contribution is 2.13. The highest BCUT2D eigenvalue weighted by atomic mass is 16.4. The van der Waals surface area contributed by atoms with Crippen molar-refractivity contribution in [3.63, 3.8) is 0 Å². The van der Waals surface area contributed by atoms with Crippen molar-refractivity contribution in [2.45, 2.75) is 13.3 Å². The van der Waals surface area contributed by atoms with E-state index in [-0.39, 0.29) is 6.54 Å². The Morgan fingerprint density at radius 1 is 1.59 bits per heavy atom. The van der Waals surface area contributed by atoms with Gasteiger partial charge in [0.1, 0.15) is 6.54 Å². The molecule has 1 heterocycles. The number of carbonyl (C=O) groups excluding carboxylic acids is 1. The Morgan fingerprint density at radius 2 is 2.24 bits per heavy atom. The minimum absolute atomic E-state index is 0.340. The predicted octanol–water partition coefficient (Wildman–Crippen LogP) is 0.531. The number of rotatable bonds is 4. The van der Waals surface area contributed by atoms with E-state index in [0.717, 1.165) is 10.6 Å². The van der Waals surface area contributed by atoms with Gasteiger partial charge in [0.25, 0.3) is 0 Å². The van der Waals surface area contributed by atoms with Crippen molar-refractivity contribution in [3.8, 4) is 0 Å². The second-order valence-electron chi connectivity index (χ2n) is 3.70. The maximum Gasteiger partial charge on any atom is 0.323 e. The summed E-state index contributed by atoms with van der Waals surface area (Å²) in [4.78, 5) is 23.2. The summed E-state index contributed by atoms with van der Waals surface area (Å²) in [5, 5.41) is 15.4. The van der Waals surface area contributed by atoms with Crippen LogP contribution >= 0.6 is 0 Å². The molecule has 0 saturated heterocycles. The van der Waals surface area contributed by atoms with Crippen LogP contribution in [0.15, 0.2) is 6.20 Å². The van der Waals surface area contributed by atoms with Gasteiger partial charge in [-0.1, -0.05) is 6.92 Å². The van der Waals surface area contributed by atoms with Crippen LogP contribution in [0.5, 0.6) is 0 Å². The van der Waals surface area contributed by atoms with Gasteiger partial charge in [-0.3, -0.25) is 9.48 Å². The summed E-state index contributed by atoms with van der Waals surface area (Å²) in [6.07, 6.45) is 2.38. The molecule has 0 saturated carbocycles. The van der Waals surface area contributed by atoms with Crippen molar-refractivity contribution >= 4 is 17.7 Å². The molecule has 7 nitrogen and oxygen atoms in total. The Bertz CT molecular complexity index is 427. The van der Waals surface area contributed by atoms with Crippen molar-refractivity contribution < 1.29 is 14.7 Å². The Kier molecular flexibility index (Phi) is 4.08. The summed E-state index contributed by atoms with van der Waals surface area (Å²) in [5.74, 6) is -1.05. The minimum Gasteiger partial charge on any atom is -0.480 e. The van der Waals surface area contributed by atoms with E-state index in [2.05, 4.69) is 10.4 Å². The van der Waals surface area contributed by atoms with Gasteiger partial charge in [0, 0.05) is 20.3 Å². The number of aliphatic carboxylic acids is 1. The number of carboxylic acid groups (broad SMARTS) is 1. The first-order chi connectivity index (χ1) is 7.93. The molecule has 0 aromatic carbocycles. The monoisotopic (exact) mass is 240 g/mol. The zero-order valence-corrected chi connectivity index (χ0v) is 10.1. The third-order valence-electron chi connectivity index (χ3n) is 2.20. The van der Waals surface area contributed by atoms with E-state index in [9.17, 15) is 9.59 Å². The summed E-state index contributed by atoms with van der Waals surface area (Å²) in [6.45, 7) is 1.59. The van der Waals surface area contributed by atoms with Crippen LogP contribution < -0.4 is 5.32 Å². The van der Waals surface area contributed by atoms with Gasteiger partial charge in [0.2, 0.25) is 0 Å². The number of carbonyl (C=O) groups is 2. The van der Waals surface area contributed by atoms with Crippen LogP contribution in [0.4, 0.5) is 10.5 Å². The van der Waals surface area contributed by atoms with Gasteiger partial charge in [-0.2, -0.15) is 5.10 Å². The van der Waals surface area contributed by atoms with Gasteiger partial charge in [0.05, 0.1) is 11.4 Å². The molecule has 0 fully saturated rings. The molecule has 17 heavy (non-hydrogen) atoms. The molecule has 0 aliphatic rings. The molecular weight excluding hydrogens is 224 g/mol. The summed E-state index contributed by atoms with van der Waals surface area (Å²) >= 11 is 0. The smallest absolute Gasteiger partial charge is 0.323 e. The predicted molar refractivity (Wildman–Crippen MR) is 61.9 cm³/mol. The fraction of sp³-hybridized carbons (Fsp3) is 0.500. The van der Waals surface area contributed by atoms with Crippen LogP contribution in [0.25, 0.3) is 0 Å². The first-order valence-corrected chi connectivity index (χ1v) is 5.20. The van der Waals surface area contributed by atoms with Crippen LogP contribution in [0.1, 0.15) is 12.6 Å². The van der Waals surface area contributed by atoms with E-state index in [1.165, 1.54) is 7.05 Å². The van der Waals surface area contributed by atoms with Crippen molar-refractivity contribution in [1.29, 1.82) is 0 Å². The number of amides is 2. The van der Waals surface area contributed by atoms with Crippen molar-refractivity contribution in [3.05, 3.63) is 11.9 Å². The molecule has 1 rings (SSSR count). The average Bonchev–Trinajstić information content (AvgIpc) is 2.57. The first kappa shape index (κ1) is 13.0. The number of hydrogen-bond acceptors (Lipinski definition) is 3. The van der Waals surface area contributed by atoms with Gasteiger partial charge in [0.15, 0.2) is 0 Å². The Hall–Kier alpha value is -2.05. The molecule has 0 aliphatic heterocycles. The molecule has 1 aromatic rings. The number of carboxylic acids is 1. The van der Waals surface area contributed by atoms with Crippen molar-refractivity contribution in [1.82, 2.24) is 14.7 Å². The SMILES string of the molecule is CCc1nn(C)cc1NC(=O)N(C)CC(=O)O. The van der Waals surface area contributed by atoms with E-state index >= 15 is 0 Å². The van der Waals surface area contributed by atoms with Gasteiger partial charge in [-0.25, -0.2) is 4.79 Å². The maximum absolute atomic E-state index is 11.6. The number of likely N-dealkylation sites (N-methyl/N-ethyl adjacent to an activating group) is 1. The van der Waals surface area contributed by atoms with Gasteiger partial charge >= 0.3 is 12.0 Å². The molecule has 0 unspecified atom stereocenters. The zero-order chi connectivity index (χ0) is 13.0. The van der Waals surface area contributed by atoms with Crippen LogP contribution in [-0.4, -0.2) is 45.4 Å². The van der Waals surface area contributed by atoms with Crippen LogP contribution in [0.3, 0.4) is 0 Å². The van der Waals surface area contributed by atoms with E-state index in [1.807, 2.05) is 6.92 Å². The van der Waals surface area contributed by atoms with Crippen LogP contribution in [0.2, 0.25) is 0 Å². The molecule has 7 heteroatoms. The third kappa shape index (κ3) is 3.47. The second kappa shape index (κ2) is 5.33. The summed E-state index contributed by atoms with van der Waals surface area (Å²) in [6, 6.07) is -0.463. The number of nitrogens with one attached hydrogen (secondary N) is 1. The molecule has 0 atom stereocenters. The van der Waals surface area contributed by atoms with Gasteiger partial charge in [-0.15, -0.1) is 0 Å². The number of nitrogens with zero attached hydrogens (tertiary/aromatic N) is 3. The first-order valence-electron chi connectivity index (χ1n) is 5.20. The number of aromatic nitrogens is 2. The molecule has 0 spiro atoms. The Balaban J connectivity index is 2.70. The minimum atomic E-state index is -1.05. The molecule has 94 valence electrons. The molecular formula is C10H16N4O3. The lowest BCUT2D eigenvalue weighted by Gasteiger charge is -2.15. The average molecular weight is 240 g/mol. The lowest BCUT2D eigenvalue weighted by atomic mass is 10.3. The van der Waals surface area contributed by atoms with E-state index in [0.29, 0.717) is 12.1 Å². The Labute approximate surface area is 99.0 Å². The summed E-state index contributed by atoms with van der Waals surface area (Å²) < 4.78 is 1.60. The topological polar surface area (TPSA) is 87.5 Å². The van der Waals surface area contributed by atoms with Gasteiger partial charge < -0.3 is 15.3 Å². The quantitative estimate of drug-likeness (QED) is 0.803. The number of anilines is 1. The number of urea groups is 1. The summed E-state index contributed by atoms with van der Waals surface area (Å²) in [5.41, 5.74) is 1.38. The van der Waals surface area contributed by atoms with E-state index in [1.54, 1.807) is 17.9 Å². The Morgan fingerprint density at radius 3 is 2.76 bits per heavy atom. The molecule has 1 aromatic heterocycles. The molecule has 2 amide bonds. The standard InChI is InChI=1S/C10H16N4O3/c1-4-7-8(5-14(3)12-7)11-10(17)13(2)6-9(15)16/h5H,4,6H2,1-3H3,(H,11,17)(H,15,16). The van der Waals surface area contributed by atoms with Crippen LogP contribution in [-0.2, 0) is 18.3 Å². The molecule has 0 radical (unpaired) electrons. The highest BCUT2D eigenvalue weighted by Gasteiger charge is 2.14. The number of hydrogen-bond donors (Lipinski definition) is 2. The molecule has 0 bridgehead atoms. The molecule has 0 aliphatic carbocycles. The fourth-order valence-corrected chi connectivity index (χ4v) is 1.39. The largest absolute Gasteiger partial charge is 0.480 e. The maximum atomic E-state index is 11.6. The third-order valence-corrected chi connectivity index (χ3v) is 2.20. The highest BCUT2D eigenvalue weighted by molar-refractivity contribution is 5.91. The van der Waals surface area contributed by atoms with Crippen LogP contribution in [0, 0.1) is 0 Å². The van der Waals surface area contributed by atoms with E-state index < -0.39 is 12.0 Å². The van der Waals surface area contributed by atoms with Crippen molar-refractivity contribution in [2.75, 3.05) is 18.9 Å². The lowest BCUT2D eigenvalue weighted by molar-refractivity contribution is -0.137. The fourth-order valence-electron chi connectivity index (χ4n) is 1.39. The van der Waals surface area contributed by atoms with E-state index in [4.69, 9.17) is 5.11 Å². The normalized spacial score (nSPS) is 10.1. The van der Waals surface area contributed by atoms with Gasteiger partial charge in [-0.05, 0) is 6.42 Å². The molecule has 2 N–H and O–H groups in total. The second-order valence-corrected chi connectivity index (χ2v) is 3.70. The van der Waals surface area contributed by atoms with Crippen molar-refractivity contribution in [2.24, 2.45) is 7.05 Å². The zero-order valence-electron chi connectivity index (χ0n) is 10.1. The number of aryl methyl sites for hydroxylation is 2. The lowest BCUT2D eigenvalue weighted by Crippen LogP contribution is -2.35. The summed E-state index contributed by atoms with van der Waals surface area (Å²) in [7, 11) is 3.18.